The van der Waals surface area contributed by atoms with Crippen LogP contribution in [0.25, 0.3) is 0 Å². The van der Waals surface area contributed by atoms with E-state index in [9.17, 15) is 9.59 Å². The van der Waals surface area contributed by atoms with E-state index in [4.69, 9.17) is 0 Å². The highest BCUT2D eigenvalue weighted by Crippen LogP contribution is 2.23. The van der Waals surface area contributed by atoms with E-state index in [1.54, 1.807) is 19.3 Å². The molecule has 126 valence electrons. The number of benzene rings is 2. The second-order valence-electron chi connectivity index (χ2n) is 5.95. The molecule has 3 rings (SSSR count). The molecule has 0 saturated carbocycles. The fourth-order valence-electron chi connectivity index (χ4n) is 2.79. The summed E-state index contributed by atoms with van der Waals surface area (Å²) in [7, 11) is 1.66. The zero-order chi connectivity index (χ0) is 17.6. The zero-order valence-electron chi connectivity index (χ0n) is 14.1. The van der Waals surface area contributed by atoms with Gasteiger partial charge in [0.25, 0.3) is 11.5 Å². The molecule has 0 saturated heterocycles. The number of nitrogens with zero attached hydrogens (tertiary/aromatic N) is 1. The number of carbonyl (C=O) groups excluding carboxylic acids is 1. The highest BCUT2D eigenvalue weighted by Gasteiger charge is 2.16. The van der Waals surface area contributed by atoms with Gasteiger partial charge in [0.05, 0.1) is 0 Å². The van der Waals surface area contributed by atoms with Crippen molar-refractivity contribution in [3.8, 4) is 0 Å². The predicted molar refractivity (Wildman–Crippen MR) is 98.7 cm³/mol. The summed E-state index contributed by atoms with van der Waals surface area (Å²) in [6.07, 6.45) is 1.60. The molecule has 1 aromatic heterocycles. The Morgan fingerprint density at radius 1 is 0.960 bits per heavy atom. The van der Waals surface area contributed by atoms with Crippen molar-refractivity contribution in [2.45, 2.75) is 5.92 Å². The average Bonchev–Trinajstić information content (AvgIpc) is 2.66. The van der Waals surface area contributed by atoms with Crippen LogP contribution in [-0.4, -0.2) is 17.0 Å². The summed E-state index contributed by atoms with van der Waals surface area (Å²) < 4.78 is 1.44. The van der Waals surface area contributed by atoms with Gasteiger partial charge >= 0.3 is 0 Å². The number of aromatic nitrogens is 1. The lowest BCUT2D eigenvalue weighted by Crippen LogP contribution is -2.30. The summed E-state index contributed by atoms with van der Waals surface area (Å²) in [5, 5.41) is 2.96. The van der Waals surface area contributed by atoms with Crippen LogP contribution in [0, 0.1) is 0 Å². The van der Waals surface area contributed by atoms with Crippen LogP contribution in [0.2, 0.25) is 0 Å². The van der Waals surface area contributed by atoms with E-state index >= 15 is 0 Å². The number of aryl methyl sites for hydroxylation is 1. The van der Waals surface area contributed by atoms with Crippen LogP contribution >= 0.6 is 0 Å². The summed E-state index contributed by atoms with van der Waals surface area (Å²) in [5.41, 5.74) is 2.45. The summed E-state index contributed by atoms with van der Waals surface area (Å²) in [4.78, 5) is 24.1. The van der Waals surface area contributed by atoms with Crippen LogP contribution in [0.15, 0.2) is 83.8 Å². The quantitative estimate of drug-likeness (QED) is 0.781. The minimum absolute atomic E-state index is 0.0536. The van der Waals surface area contributed by atoms with Crippen molar-refractivity contribution in [2.24, 2.45) is 7.05 Å². The van der Waals surface area contributed by atoms with Gasteiger partial charge in [-0.2, -0.15) is 0 Å². The SMILES string of the molecule is Cn1ccc(C(=O)NCC(c2ccccc2)c2ccccc2)cc1=O. The molecule has 4 heteroatoms. The topological polar surface area (TPSA) is 51.1 Å². The van der Waals surface area contributed by atoms with Crippen LogP contribution in [0.3, 0.4) is 0 Å². The van der Waals surface area contributed by atoms with Crippen molar-refractivity contribution in [1.29, 1.82) is 0 Å². The highest BCUT2D eigenvalue weighted by molar-refractivity contribution is 5.94. The molecule has 0 aliphatic rings. The normalized spacial score (nSPS) is 10.6. The smallest absolute Gasteiger partial charge is 0.251 e. The molecule has 1 amide bonds. The van der Waals surface area contributed by atoms with Gasteiger partial charge in [0.2, 0.25) is 0 Å². The third-order valence-electron chi connectivity index (χ3n) is 4.24. The first kappa shape index (κ1) is 16.7. The van der Waals surface area contributed by atoms with E-state index in [2.05, 4.69) is 29.6 Å². The molecule has 0 aliphatic heterocycles. The van der Waals surface area contributed by atoms with Crippen molar-refractivity contribution >= 4 is 5.91 Å². The Labute approximate surface area is 146 Å². The number of rotatable bonds is 5. The molecule has 0 unspecified atom stereocenters. The van der Waals surface area contributed by atoms with Crippen LogP contribution in [0.4, 0.5) is 0 Å². The molecule has 0 radical (unpaired) electrons. The van der Waals surface area contributed by atoms with Gasteiger partial charge in [-0.1, -0.05) is 60.7 Å². The zero-order valence-corrected chi connectivity index (χ0v) is 14.1. The molecule has 3 aromatic rings. The lowest BCUT2D eigenvalue weighted by Gasteiger charge is -2.19. The van der Waals surface area contributed by atoms with Crippen LogP contribution in [-0.2, 0) is 7.05 Å². The van der Waals surface area contributed by atoms with Crippen LogP contribution < -0.4 is 10.9 Å². The monoisotopic (exact) mass is 332 g/mol. The maximum atomic E-state index is 12.4. The molecular weight excluding hydrogens is 312 g/mol. The van der Waals surface area contributed by atoms with Crippen molar-refractivity contribution in [2.75, 3.05) is 6.54 Å². The second-order valence-corrected chi connectivity index (χ2v) is 5.95. The van der Waals surface area contributed by atoms with Crippen molar-refractivity contribution in [3.63, 3.8) is 0 Å². The third-order valence-corrected chi connectivity index (χ3v) is 4.24. The molecule has 25 heavy (non-hydrogen) atoms. The molecule has 1 heterocycles. The predicted octanol–water partition coefficient (Wildman–Crippen LogP) is 2.95. The van der Waals surface area contributed by atoms with Crippen molar-refractivity contribution in [1.82, 2.24) is 9.88 Å². The Bertz CT molecular complexity index is 862. The number of amides is 1. The molecule has 4 nitrogen and oxygen atoms in total. The van der Waals surface area contributed by atoms with Gasteiger partial charge in [-0.15, -0.1) is 0 Å². The van der Waals surface area contributed by atoms with Crippen LogP contribution in [0.5, 0.6) is 0 Å². The summed E-state index contributed by atoms with van der Waals surface area (Å²) >= 11 is 0. The van der Waals surface area contributed by atoms with Gasteiger partial charge < -0.3 is 9.88 Å². The van der Waals surface area contributed by atoms with E-state index in [-0.39, 0.29) is 17.4 Å². The fourth-order valence-corrected chi connectivity index (χ4v) is 2.79. The van der Waals surface area contributed by atoms with Crippen LogP contribution in [0.1, 0.15) is 27.4 Å². The maximum Gasteiger partial charge on any atom is 0.251 e. The Kier molecular flexibility index (Phi) is 5.09. The summed E-state index contributed by atoms with van der Waals surface area (Å²) in [6.45, 7) is 0.460. The van der Waals surface area contributed by atoms with Gasteiger partial charge in [0.15, 0.2) is 0 Å². The van der Waals surface area contributed by atoms with Gasteiger partial charge in [0.1, 0.15) is 0 Å². The number of hydrogen-bond acceptors (Lipinski definition) is 2. The fraction of sp³-hybridized carbons (Fsp3) is 0.143. The number of carbonyl (C=O) groups is 1. The Morgan fingerprint density at radius 2 is 1.52 bits per heavy atom. The summed E-state index contributed by atoms with van der Waals surface area (Å²) in [6, 6.07) is 23.2. The summed E-state index contributed by atoms with van der Waals surface area (Å²) in [5.74, 6) is -0.188. The van der Waals surface area contributed by atoms with Gasteiger partial charge in [-0.25, -0.2) is 0 Å². The van der Waals surface area contributed by atoms with Gasteiger partial charge in [-0.05, 0) is 17.2 Å². The Hall–Kier alpha value is -3.14. The first-order valence-electron chi connectivity index (χ1n) is 8.20. The minimum atomic E-state index is -0.241. The molecule has 2 aromatic carbocycles. The van der Waals surface area contributed by atoms with E-state index < -0.39 is 0 Å². The Morgan fingerprint density at radius 3 is 2.04 bits per heavy atom. The molecule has 0 spiro atoms. The largest absolute Gasteiger partial charge is 0.351 e. The standard InChI is InChI=1S/C21H20N2O2/c1-23-13-12-18(14-20(23)24)21(25)22-15-19(16-8-4-2-5-9-16)17-10-6-3-7-11-17/h2-14,19H,15H2,1H3,(H,22,25). The molecule has 1 N–H and O–H groups in total. The average molecular weight is 332 g/mol. The number of pyridine rings is 1. The second kappa shape index (κ2) is 7.62. The molecule has 0 atom stereocenters. The molecule has 0 fully saturated rings. The van der Waals surface area contributed by atoms with E-state index in [0.717, 1.165) is 11.1 Å². The number of hydrogen-bond donors (Lipinski definition) is 1. The highest BCUT2D eigenvalue weighted by atomic mass is 16.2. The maximum absolute atomic E-state index is 12.4. The first-order chi connectivity index (χ1) is 12.1. The van der Waals surface area contributed by atoms with Crippen molar-refractivity contribution in [3.05, 3.63) is 106 Å². The van der Waals surface area contributed by atoms with Gasteiger partial charge in [-0.3, -0.25) is 9.59 Å². The van der Waals surface area contributed by atoms with E-state index in [1.165, 1.54) is 10.6 Å². The van der Waals surface area contributed by atoms with Gasteiger partial charge in [0, 0.05) is 37.3 Å². The molecular formula is C21H20N2O2. The lowest BCUT2D eigenvalue weighted by atomic mass is 9.91. The third kappa shape index (κ3) is 4.04. The molecule has 0 bridgehead atoms. The van der Waals surface area contributed by atoms with E-state index in [0.29, 0.717) is 12.1 Å². The lowest BCUT2D eigenvalue weighted by molar-refractivity contribution is 0.0952. The Balaban J connectivity index is 1.80. The van der Waals surface area contributed by atoms with E-state index in [1.807, 2.05) is 36.4 Å². The molecule has 0 aliphatic carbocycles. The number of nitrogens with one attached hydrogen (secondary N) is 1. The first-order valence-corrected chi connectivity index (χ1v) is 8.20. The van der Waals surface area contributed by atoms with Crippen molar-refractivity contribution < 1.29 is 4.79 Å². The minimum Gasteiger partial charge on any atom is -0.351 e.